The van der Waals surface area contributed by atoms with E-state index in [-0.39, 0.29) is 24.7 Å². The van der Waals surface area contributed by atoms with Gasteiger partial charge in [0.2, 0.25) is 0 Å². The van der Waals surface area contributed by atoms with E-state index in [1.54, 1.807) is 0 Å². The third-order valence-corrected chi connectivity index (χ3v) is 4.00. The lowest BCUT2D eigenvalue weighted by molar-refractivity contribution is -0.130. The highest BCUT2D eigenvalue weighted by Gasteiger charge is 2.48. The molecule has 100 valence electrons. The van der Waals surface area contributed by atoms with Gasteiger partial charge in [0.25, 0.3) is 0 Å². The van der Waals surface area contributed by atoms with E-state index in [1.165, 1.54) is 6.08 Å². The Morgan fingerprint density at radius 2 is 2.28 bits per heavy atom. The maximum Gasteiger partial charge on any atom is 0.158 e. The van der Waals surface area contributed by atoms with Crippen LogP contribution in [-0.4, -0.2) is 34.3 Å². The zero-order valence-corrected chi connectivity index (χ0v) is 11.1. The van der Waals surface area contributed by atoms with Crippen molar-refractivity contribution in [2.45, 2.75) is 45.3 Å². The number of ketones is 1. The molecular formula is C14H20O4. The maximum absolute atomic E-state index is 11.6. The largest absolute Gasteiger partial charge is 0.494 e. The molecule has 0 aromatic carbocycles. The molecule has 0 unspecified atom stereocenters. The second-order valence-electron chi connectivity index (χ2n) is 5.26. The maximum atomic E-state index is 11.6. The fourth-order valence-electron chi connectivity index (χ4n) is 2.62. The van der Waals surface area contributed by atoms with Crippen LogP contribution in [0.1, 0.15) is 33.6 Å². The number of carbonyl (C=O) groups excluding carboxylic acids is 1. The lowest BCUT2D eigenvalue weighted by Crippen LogP contribution is -2.53. The van der Waals surface area contributed by atoms with Crippen LogP contribution in [0.2, 0.25) is 0 Å². The molecule has 4 heteroatoms. The fraction of sp³-hybridized carbons (Fsp3) is 0.643. The third kappa shape index (κ3) is 1.89. The van der Waals surface area contributed by atoms with E-state index in [0.717, 1.165) is 17.8 Å². The van der Waals surface area contributed by atoms with E-state index in [1.807, 2.05) is 13.8 Å². The van der Waals surface area contributed by atoms with Crippen molar-refractivity contribution in [3.8, 4) is 0 Å². The first-order valence-corrected chi connectivity index (χ1v) is 6.39. The number of carbonyl (C=O) groups is 1. The second kappa shape index (κ2) is 4.52. The number of ether oxygens (including phenoxy) is 1. The molecule has 0 fully saturated rings. The van der Waals surface area contributed by atoms with Crippen LogP contribution in [0.4, 0.5) is 0 Å². The number of allylic oxidation sites excluding steroid dienone is 2. The molecule has 0 saturated carbocycles. The quantitative estimate of drug-likeness (QED) is 0.778. The van der Waals surface area contributed by atoms with Crippen molar-refractivity contribution >= 4 is 5.78 Å². The number of hydrogen-bond donors (Lipinski definition) is 2. The van der Waals surface area contributed by atoms with E-state index >= 15 is 0 Å². The van der Waals surface area contributed by atoms with Gasteiger partial charge in [-0.15, -0.1) is 0 Å². The van der Waals surface area contributed by atoms with Crippen molar-refractivity contribution in [3.05, 3.63) is 23.0 Å². The lowest BCUT2D eigenvalue weighted by Gasteiger charge is -2.42. The van der Waals surface area contributed by atoms with Gasteiger partial charge in [-0.05, 0) is 30.6 Å². The van der Waals surface area contributed by atoms with Gasteiger partial charge < -0.3 is 14.9 Å². The van der Waals surface area contributed by atoms with Crippen LogP contribution >= 0.6 is 0 Å². The molecule has 2 rings (SSSR count). The minimum atomic E-state index is -1.44. The van der Waals surface area contributed by atoms with E-state index in [0.29, 0.717) is 5.57 Å². The second-order valence-corrected chi connectivity index (χ2v) is 5.26. The summed E-state index contributed by atoms with van der Waals surface area (Å²) in [6.45, 7) is 5.96. The van der Waals surface area contributed by atoms with Crippen LogP contribution in [-0.2, 0) is 9.53 Å². The Balaban J connectivity index is 2.49. The molecule has 0 aromatic heterocycles. The smallest absolute Gasteiger partial charge is 0.158 e. The minimum absolute atomic E-state index is 0.0181. The van der Waals surface area contributed by atoms with Crippen LogP contribution in [0, 0.1) is 5.92 Å². The normalized spacial score (nSPS) is 33.7. The molecule has 0 radical (unpaired) electrons. The van der Waals surface area contributed by atoms with Gasteiger partial charge in [0, 0.05) is 12.3 Å². The molecule has 18 heavy (non-hydrogen) atoms. The van der Waals surface area contributed by atoms with Crippen LogP contribution in [0.5, 0.6) is 0 Å². The molecule has 3 atom stereocenters. The summed E-state index contributed by atoms with van der Waals surface area (Å²) in [5, 5.41) is 20.4. The molecule has 1 aliphatic carbocycles. The molecule has 0 saturated heterocycles. The summed E-state index contributed by atoms with van der Waals surface area (Å²) < 4.78 is 5.64. The lowest BCUT2D eigenvalue weighted by atomic mass is 9.75. The summed E-state index contributed by atoms with van der Waals surface area (Å²) in [6, 6.07) is 0. The van der Waals surface area contributed by atoms with Crippen molar-refractivity contribution in [2.24, 2.45) is 5.92 Å². The van der Waals surface area contributed by atoms with Gasteiger partial charge in [-0.1, -0.05) is 13.8 Å². The zero-order valence-electron chi connectivity index (χ0n) is 11.1. The molecule has 0 aromatic rings. The van der Waals surface area contributed by atoms with Crippen LogP contribution in [0.25, 0.3) is 0 Å². The van der Waals surface area contributed by atoms with Gasteiger partial charge in [-0.25, -0.2) is 0 Å². The SMILES string of the molecule is CC[C@@H](C)C1=C(C)C2=CC(=O)C[C@H](O)[C@]2(O)CO1. The van der Waals surface area contributed by atoms with Gasteiger partial charge in [0.05, 0.1) is 6.10 Å². The fourth-order valence-corrected chi connectivity index (χ4v) is 2.62. The summed E-state index contributed by atoms with van der Waals surface area (Å²) in [4.78, 5) is 11.6. The Kier molecular flexibility index (Phi) is 3.34. The van der Waals surface area contributed by atoms with E-state index < -0.39 is 11.7 Å². The number of aliphatic hydroxyl groups excluding tert-OH is 1. The summed E-state index contributed by atoms with van der Waals surface area (Å²) in [5.74, 6) is 0.909. The average molecular weight is 252 g/mol. The van der Waals surface area contributed by atoms with Gasteiger partial charge in [-0.3, -0.25) is 4.79 Å². The van der Waals surface area contributed by atoms with Crippen molar-refractivity contribution < 1.29 is 19.7 Å². The molecule has 0 amide bonds. The number of hydrogen-bond acceptors (Lipinski definition) is 4. The monoisotopic (exact) mass is 252 g/mol. The molecule has 0 spiro atoms. The summed E-state index contributed by atoms with van der Waals surface area (Å²) >= 11 is 0. The van der Waals surface area contributed by atoms with E-state index in [2.05, 4.69) is 6.92 Å². The van der Waals surface area contributed by atoms with Crippen LogP contribution in [0.3, 0.4) is 0 Å². The molecule has 0 bridgehead atoms. The molecule has 4 nitrogen and oxygen atoms in total. The molecule has 1 aliphatic heterocycles. The summed E-state index contributed by atoms with van der Waals surface area (Å²) in [6.07, 6.45) is 1.25. The van der Waals surface area contributed by atoms with Crippen LogP contribution in [0.15, 0.2) is 23.0 Å². The van der Waals surface area contributed by atoms with Crippen LogP contribution < -0.4 is 0 Å². The molecule has 2 aliphatic rings. The van der Waals surface area contributed by atoms with Gasteiger partial charge in [-0.2, -0.15) is 0 Å². The summed E-state index contributed by atoms with van der Waals surface area (Å²) in [7, 11) is 0. The molecule has 2 N–H and O–H groups in total. The van der Waals surface area contributed by atoms with Crippen molar-refractivity contribution in [1.82, 2.24) is 0 Å². The Bertz CT molecular complexity index is 435. The highest BCUT2D eigenvalue weighted by molar-refractivity contribution is 5.93. The predicted octanol–water partition coefficient (Wildman–Crippen LogP) is 1.33. The molecular weight excluding hydrogens is 232 g/mol. The number of rotatable bonds is 2. The number of fused-ring (bicyclic) bond motifs is 1. The first-order valence-electron chi connectivity index (χ1n) is 6.39. The Labute approximate surface area is 107 Å². The Hall–Kier alpha value is -1.13. The minimum Gasteiger partial charge on any atom is -0.494 e. The third-order valence-electron chi connectivity index (χ3n) is 4.00. The Morgan fingerprint density at radius 3 is 2.89 bits per heavy atom. The zero-order chi connectivity index (χ0) is 13.5. The van der Waals surface area contributed by atoms with Gasteiger partial charge in [0.15, 0.2) is 11.4 Å². The summed E-state index contributed by atoms with van der Waals surface area (Å²) in [5.41, 5.74) is -0.132. The molecule has 1 heterocycles. The topological polar surface area (TPSA) is 66.8 Å². The number of aliphatic hydroxyl groups is 2. The van der Waals surface area contributed by atoms with Crippen molar-refractivity contribution in [1.29, 1.82) is 0 Å². The highest BCUT2D eigenvalue weighted by Crippen LogP contribution is 2.40. The highest BCUT2D eigenvalue weighted by atomic mass is 16.5. The first kappa shape index (κ1) is 13.3. The van der Waals surface area contributed by atoms with Crippen molar-refractivity contribution in [2.75, 3.05) is 6.61 Å². The van der Waals surface area contributed by atoms with Gasteiger partial charge in [0.1, 0.15) is 12.4 Å². The van der Waals surface area contributed by atoms with Gasteiger partial charge >= 0.3 is 0 Å². The average Bonchev–Trinajstić information content (AvgIpc) is 2.32. The van der Waals surface area contributed by atoms with E-state index in [9.17, 15) is 15.0 Å². The van der Waals surface area contributed by atoms with Crippen molar-refractivity contribution in [3.63, 3.8) is 0 Å². The van der Waals surface area contributed by atoms with E-state index in [4.69, 9.17) is 4.74 Å². The predicted molar refractivity (Wildman–Crippen MR) is 66.8 cm³/mol. The first-order chi connectivity index (χ1) is 8.40. The Morgan fingerprint density at radius 1 is 1.61 bits per heavy atom. The standard InChI is InChI=1S/C14H20O4/c1-4-8(2)13-9(3)11-5-10(15)6-12(16)14(11,17)7-18-13/h5,8,12,16-17H,4,6-7H2,1-3H3/t8-,12+,14+/m1/s1.